The maximum absolute atomic E-state index is 6.38. The van der Waals surface area contributed by atoms with Crippen molar-refractivity contribution >= 4 is 5.95 Å². The predicted octanol–water partition coefficient (Wildman–Crippen LogP) is 3.31. The van der Waals surface area contributed by atoms with Crippen molar-refractivity contribution in [2.24, 2.45) is 5.41 Å². The van der Waals surface area contributed by atoms with Gasteiger partial charge < -0.3 is 10.5 Å². The van der Waals surface area contributed by atoms with Gasteiger partial charge in [-0.3, -0.25) is 0 Å². The van der Waals surface area contributed by atoms with Gasteiger partial charge >= 0.3 is 0 Å². The van der Waals surface area contributed by atoms with Gasteiger partial charge in [-0.15, -0.1) is 0 Å². The molecule has 0 bridgehead atoms. The van der Waals surface area contributed by atoms with Gasteiger partial charge in [-0.05, 0) is 43.2 Å². The first-order valence-electron chi connectivity index (χ1n) is 7.77. The largest absolute Gasteiger partial charge is 0.464 e. The van der Waals surface area contributed by atoms with Crippen LogP contribution in [0.1, 0.15) is 45.2 Å². The molecule has 2 aliphatic rings. The van der Waals surface area contributed by atoms with Crippen LogP contribution in [0.4, 0.5) is 5.95 Å². The minimum atomic E-state index is -0.413. The lowest BCUT2D eigenvalue weighted by atomic mass is 9.68. The lowest BCUT2D eigenvalue weighted by Gasteiger charge is -2.45. The van der Waals surface area contributed by atoms with Crippen molar-refractivity contribution < 1.29 is 4.74 Å². The van der Waals surface area contributed by atoms with Crippen LogP contribution >= 0.6 is 0 Å². The van der Waals surface area contributed by atoms with Gasteiger partial charge in [0.2, 0.25) is 11.8 Å². The number of nitrogen functional groups attached to an aromatic ring is 1. The first-order valence-corrected chi connectivity index (χ1v) is 7.77. The fourth-order valence-corrected chi connectivity index (χ4v) is 3.52. The van der Waals surface area contributed by atoms with Crippen LogP contribution in [0.3, 0.4) is 0 Å². The van der Waals surface area contributed by atoms with Gasteiger partial charge in [0.1, 0.15) is 0 Å². The van der Waals surface area contributed by atoms with Gasteiger partial charge in [0.15, 0.2) is 5.60 Å². The van der Waals surface area contributed by atoms with Crippen molar-refractivity contribution in [2.45, 2.75) is 45.1 Å². The first-order chi connectivity index (χ1) is 10.5. The number of pyridine rings is 1. The summed E-state index contributed by atoms with van der Waals surface area (Å²) in [7, 11) is 0. The van der Waals surface area contributed by atoms with Crippen LogP contribution in [0.25, 0.3) is 11.1 Å². The van der Waals surface area contributed by atoms with Crippen molar-refractivity contribution in [2.75, 3.05) is 5.73 Å². The maximum atomic E-state index is 6.38. The van der Waals surface area contributed by atoms with Crippen molar-refractivity contribution in [3.05, 3.63) is 30.2 Å². The Balaban J connectivity index is 1.88. The number of hydrogen-bond acceptors (Lipinski definition) is 5. The third-order valence-corrected chi connectivity index (χ3v) is 5.00. The fraction of sp³-hybridized carbons (Fsp3) is 0.471. The summed E-state index contributed by atoms with van der Waals surface area (Å²) in [4.78, 5) is 13.1. The summed E-state index contributed by atoms with van der Waals surface area (Å²) in [6.07, 6.45) is 7.63. The SMILES string of the molecule is CC1(C)CCC2(CC1)Oc1ncccc1-c1cnc(N)nc12. The van der Waals surface area contributed by atoms with Crippen molar-refractivity contribution in [3.63, 3.8) is 0 Å². The number of fused-ring (bicyclic) bond motifs is 4. The molecule has 1 aliphatic heterocycles. The van der Waals surface area contributed by atoms with Crippen LogP contribution in [0, 0.1) is 5.41 Å². The molecule has 114 valence electrons. The average Bonchev–Trinajstić information content (AvgIpc) is 2.51. The highest BCUT2D eigenvalue weighted by molar-refractivity contribution is 5.73. The quantitative estimate of drug-likeness (QED) is 0.807. The normalized spacial score (nSPS) is 20.8. The van der Waals surface area contributed by atoms with E-state index in [-0.39, 0.29) is 0 Å². The Morgan fingerprint density at radius 1 is 1.09 bits per heavy atom. The molecule has 22 heavy (non-hydrogen) atoms. The van der Waals surface area contributed by atoms with E-state index in [2.05, 4.69) is 28.8 Å². The zero-order chi connectivity index (χ0) is 15.4. The number of anilines is 1. The zero-order valence-electron chi connectivity index (χ0n) is 13.0. The molecule has 1 spiro atoms. The maximum Gasteiger partial charge on any atom is 0.222 e. The van der Waals surface area contributed by atoms with E-state index in [4.69, 9.17) is 10.5 Å². The second-order valence-corrected chi connectivity index (χ2v) is 7.11. The molecular formula is C17H20N4O. The zero-order valence-corrected chi connectivity index (χ0v) is 13.0. The molecule has 1 saturated carbocycles. The van der Waals surface area contributed by atoms with Crippen LogP contribution in [-0.2, 0) is 5.60 Å². The Morgan fingerprint density at radius 2 is 1.86 bits per heavy atom. The van der Waals surface area contributed by atoms with E-state index in [9.17, 15) is 0 Å². The minimum Gasteiger partial charge on any atom is -0.464 e. The lowest BCUT2D eigenvalue weighted by Crippen LogP contribution is -2.43. The van der Waals surface area contributed by atoms with E-state index < -0.39 is 5.60 Å². The molecule has 2 aromatic rings. The van der Waals surface area contributed by atoms with Gasteiger partial charge in [0, 0.05) is 23.5 Å². The summed E-state index contributed by atoms with van der Waals surface area (Å²) >= 11 is 0. The summed E-state index contributed by atoms with van der Waals surface area (Å²) in [6, 6.07) is 3.91. The second kappa shape index (κ2) is 4.41. The van der Waals surface area contributed by atoms with Crippen LogP contribution in [0.15, 0.2) is 24.5 Å². The topological polar surface area (TPSA) is 73.9 Å². The monoisotopic (exact) mass is 296 g/mol. The Kier molecular flexibility index (Phi) is 2.71. The smallest absolute Gasteiger partial charge is 0.222 e. The number of hydrogen-bond donors (Lipinski definition) is 1. The minimum absolute atomic E-state index is 0.305. The molecule has 4 rings (SSSR count). The third-order valence-electron chi connectivity index (χ3n) is 5.00. The highest BCUT2D eigenvalue weighted by Crippen LogP contribution is 2.52. The number of nitrogens with zero attached hydrogens (tertiary/aromatic N) is 3. The van der Waals surface area contributed by atoms with Crippen molar-refractivity contribution in [1.82, 2.24) is 15.0 Å². The van der Waals surface area contributed by atoms with Crippen LogP contribution in [0.5, 0.6) is 5.88 Å². The van der Waals surface area contributed by atoms with Crippen molar-refractivity contribution in [1.29, 1.82) is 0 Å². The predicted molar refractivity (Wildman–Crippen MR) is 84.2 cm³/mol. The molecule has 0 amide bonds. The molecule has 2 N–H and O–H groups in total. The summed E-state index contributed by atoms with van der Waals surface area (Å²) < 4.78 is 6.38. The van der Waals surface area contributed by atoms with Crippen LogP contribution in [0.2, 0.25) is 0 Å². The highest BCUT2D eigenvalue weighted by atomic mass is 16.5. The molecule has 0 saturated heterocycles. The van der Waals surface area contributed by atoms with E-state index >= 15 is 0 Å². The number of nitrogens with two attached hydrogens (primary N) is 1. The standard InChI is InChI=1S/C17H20N4O/c1-16(2)5-7-17(8-6-16)13-12(10-20-15(18)21-13)11-4-3-9-19-14(11)22-17/h3-4,9-10H,5-8H2,1-2H3,(H2,18,20,21). The van der Waals surface area contributed by atoms with E-state index in [1.165, 1.54) is 0 Å². The molecule has 3 heterocycles. The number of ether oxygens (including phenoxy) is 1. The van der Waals surface area contributed by atoms with Gasteiger partial charge in [-0.25, -0.2) is 15.0 Å². The molecule has 5 heteroatoms. The van der Waals surface area contributed by atoms with Crippen LogP contribution < -0.4 is 10.5 Å². The molecule has 5 nitrogen and oxygen atoms in total. The number of aromatic nitrogens is 3. The summed E-state index contributed by atoms with van der Waals surface area (Å²) in [5.74, 6) is 0.988. The molecule has 0 unspecified atom stereocenters. The van der Waals surface area contributed by atoms with E-state index in [1.54, 1.807) is 6.20 Å². The molecule has 2 aromatic heterocycles. The summed E-state index contributed by atoms with van der Waals surface area (Å²) in [5, 5.41) is 0. The summed E-state index contributed by atoms with van der Waals surface area (Å²) in [6.45, 7) is 4.62. The molecule has 1 aliphatic carbocycles. The van der Waals surface area contributed by atoms with E-state index in [1.807, 2.05) is 18.3 Å². The van der Waals surface area contributed by atoms with Gasteiger partial charge in [-0.2, -0.15) is 0 Å². The van der Waals surface area contributed by atoms with Crippen LogP contribution in [-0.4, -0.2) is 15.0 Å². The molecular weight excluding hydrogens is 276 g/mol. The molecule has 1 fully saturated rings. The second-order valence-electron chi connectivity index (χ2n) is 7.11. The average molecular weight is 296 g/mol. The van der Waals surface area contributed by atoms with Gasteiger partial charge in [-0.1, -0.05) is 13.8 Å². The Morgan fingerprint density at radius 3 is 2.64 bits per heavy atom. The Labute approximate surface area is 130 Å². The Hall–Kier alpha value is -2.17. The third kappa shape index (κ3) is 1.95. The summed E-state index contributed by atoms with van der Waals surface area (Å²) in [5.41, 5.74) is 8.66. The van der Waals surface area contributed by atoms with Crippen molar-refractivity contribution in [3.8, 4) is 17.0 Å². The molecule has 0 radical (unpaired) electrons. The fourth-order valence-electron chi connectivity index (χ4n) is 3.52. The van der Waals surface area contributed by atoms with E-state index in [0.717, 1.165) is 42.5 Å². The lowest BCUT2D eigenvalue weighted by molar-refractivity contribution is -0.0161. The molecule has 0 atom stereocenters. The molecule has 0 aromatic carbocycles. The van der Waals surface area contributed by atoms with Gasteiger partial charge in [0.25, 0.3) is 0 Å². The number of rotatable bonds is 0. The van der Waals surface area contributed by atoms with Gasteiger partial charge in [0.05, 0.1) is 5.69 Å². The first kappa shape index (κ1) is 13.5. The Bertz CT molecular complexity index is 731. The van der Waals surface area contributed by atoms with E-state index in [0.29, 0.717) is 17.2 Å². The highest BCUT2D eigenvalue weighted by Gasteiger charge is 2.47.